The van der Waals surface area contributed by atoms with Crippen molar-refractivity contribution in [3.63, 3.8) is 0 Å². The molecule has 6 nitrogen and oxygen atoms in total. The fourth-order valence-corrected chi connectivity index (χ4v) is 4.70. The van der Waals surface area contributed by atoms with Gasteiger partial charge in [0.25, 0.3) is 15.8 Å². The molecule has 0 amide bonds. The quantitative estimate of drug-likeness (QED) is 0.726. The number of nitrogens with one attached hydrogen (secondary N) is 1. The number of hydrogen-bond acceptors (Lipinski definition) is 4. The standard InChI is InChI=1S/C18H21N4O2S/c1-22(13-11-19-12-14-22)18-16-9-5-6-10-17(16)21(20-18)25(23,24)15-7-3-2-4-8-15/h2-10,19H,11-14H2,1H3/q+1. The van der Waals surface area contributed by atoms with Gasteiger partial charge in [-0.3, -0.25) is 4.48 Å². The Morgan fingerprint density at radius 3 is 2.36 bits per heavy atom. The minimum Gasteiger partial charge on any atom is -0.306 e. The van der Waals surface area contributed by atoms with Gasteiger partial charge >= 0.3 is 0 Å². The molecular weight excluding hydrogens is 336 g/mol. The molecule has 1 aliphatic heterocycles. The molecule has 0 atom stereocenters. The Bertz CT molecular complexity index is 1010. The van der Waals surface area contributed by atoms with Gasteiger partial charge < -0.3 is 5.32 Å². The number of para-hydroxylation sites is 1. The number of nitrogens with zero attached hydrogens (tertiary/aromatic N) is 3. The van der Waals surface area contributed by atoms with Crippen molar-refractivity contribution in [2.45, 2.75) is 4.90 Å². The summed E-state index contributed by atoms with van der Waals surface area (Å²) in [6, 6.07) is 16.0. The zero-order chi connectivity index (χ0) is 17.5. The highest BCUT2D eigenvalue weighted by Crippen LogP contribution is 2.32. The molecule has 0 saturated carbocycles. The minimum atomic E-state index is -3.73. The van der Waals surface area contributed by atoms with Gasteiger partial charge in [-0.25, -0.2) is 0 Å². The molecule has 1 fully saturated rings. The van der Waals surface area contributed by atoms with Crippen molar-refractivity contribution in [1.82, 2.24) is 19.0 Å². The highest BCUT2D eigenvalue weighted by atomic mass is 32.2. The van der Waals surface area contributed by atoms with Gasteiger partial charge in [-0.2, -0.15) is 8.42 Å². The molecule has 1 N–H and O–H groups in total. The maximum absolute atomic E-state index is 13.1. The zero-order valence-electron chi connectivity index (χ0n) is 14.1. The van der Waals surface area contributed by atoms with Crippen LogP contribution in [0.2, 0.25) is 0 Å². The third-order valence-corrected chi connectivity index (χ3v) is 6.48. The molecule has 0 spiro atoms. The van der Waals surface area contributed by atoms with Crippen LogP contribution >= 0.6 is 0 Å². The summed E-state index contributed by atoms with van der Waals surface area (Å²) in [5.74, 6) is 0.816. The largest absolute Gasteiger partial charge is 0.306 e. The van der Waals surface area contributed by atoms with Crippen molar-refractivity contribution in [3.8, 4) is 0 Å². The van der Waals surface area contributed by atoms with E-state index in [-0.39, 0.29) is 4.90 Å². The Labute approximate surface area is 147 Å². The van der Waals surface area contributed by atoms with Crippen LogP contribution in [0.1, 0.15) is 0 Å². The first-order chi connectivity index (χ1) is 12.0. The molecule has 0 radical (unpaired) electrons. The predicted molar refractivity (Wildman–Crippen MR) is 99.1 cm³/mol. The molecule has 2 heterocycles. The Balaban J connectivity index is 1.95. The maximum Gasteiger partial charge on any atom is 0.283 e. The first kappa shape index (κ1) is 16.3. The topological polar surface area (TPSA) is 64.0 Å². The van der Waals surface area contributed by atoms with Crippen LogP contribution in [0.5, 0.6) is 0 Å². The number of quaternary nitrogens is 1. The lowest BCUT2D eigenvalue weighted by molar-refractivity contribution is 0.283. The van der Waals surface area contributed by atoms with Crippen LogP contribution < -0.4 is 9.80 Å². The number of benzene rings is 2. The predicted octanol–water partition coefficient (Wildman–Crippen LogP) is 1.81. The molecular formula is C18H21N4O2S+. The van der Waals surface area contributed by atoms with E-state index in [1.54, 1.807) is 30.3 Å². The van der Waals surface area contributed by atoms with Crippen LogP contribution in [-0.4, -0.2) is 50.8 Å². The molecule has 0 aliphatic carbocycles. The van der Waals surface area contributed by atoms with Crippen molar-refractivity contribution in [2.75, 3.05) is 33.2 Å². The first-order valence-corrected chi connectivity index (χ1v) is 9.81. The van der Waals surface area contributed by atoms with Gasteiger partial charge in [-0.05, 0) is 24.3 Å². The van der Waals surface area contributed by atoms with E-state index in [9.17, 15) is 8.42 Å². The number of fused-ring (bicyclic) bond motifs is 1. The monoisotopic (exact) mass is 357 g/mol. The van der Waals surface area contributed by atoms with E-state index in [1.807, 2.05) is 24.3 Å². The Kier molecular flexibility index (Phi) is 3.87. The highest BCUT2D eigenvalue weighted by Gasteiger charge is 2.35. The fraction of sp³-hybridized carbons (Fsp3) is 0.278. The van der Waals surface area contributed by atoms with E-state index in [0.29, 0.717) is 10.00 Å². The summed E-state index contributed by atoms with van der Waals surface area (Å²) in [7, 11) is -1.61. The number of likely N-dealkylation sites (N-methyl/N-ethyl adjacent to an activating group) is 1. The van der Waals surface area contributed by atoms with E-state index in [2.05, 4.69) is 17.5 Å². The number of aromatic nitrogens is 2. The second kappa shape index (κ2) is 5.94. The third-order valence-electron chi connectivity index (χ3n) is 4.88. The summed E-state index contributed by atoms with van der Waals surface area (Å²) >= 11 is 0. The average Bonchev–Trinajstić information content (AvgIpc) is 3.04. The van der Waals surface area contributed by atoms with Crippen LogP contribution in [0, 0.1) is 0 Å². The molecule has 130 valence electrons. The van der Waals surface area contributed by atoms with Crippen molar-refractivity contribution < 1.29 is 8.42 Å². The average molecular weight is 357 g/mol. The summed E-state index contributed by atoms with van der Waals surface area (Å²) in [6.07, 6.45) is 0. The van der Waals surface area contributed by atoms with Crippen LogP contribution in [0.4, 0.5) is 5.82 Å². The van der Waals surface area contributed by atoms with Gasteiger partial charge in [0.1, 0.15) is 0 Å². The Morgan fingerprint density at radius 2 is 1.64 bits per heavy atom. The van der Waals surface area contributed by atoms with Gasteiger partial charge in [0.15, 0.2) is 0 Å². The summed E-state index contributed by atoms with van der Waals surface area (Å²) in [5.41, 5.74) is 0.624. The molecule has 4 rings (SSSR count). The zero-order valence-corrected chi connectivity index (χ0v) is 14.9. The van der Waals surface area contributed by atoms with Crippen molar-refractivity contribution >= 4 is 26.7 Å². The summed E-state index contributed by atoms with van der Waals surface area (Å²) < 4.78 is 28.1. The second-order valence-corrected chi connectivity index (χ2v) is 8.36. The van der Waals surface area contributed by atoms with E-state index >= 15 is 0 Å². The lowest BCUT2D eigenvalue weighted by Crippen LogP contribution is -2.57. The molecule has 0 bridgehead atoms. The van der Waals surface area contributed by atoms with Gasteiger partial charge in [0.2, 0.25) is 0 Å². The molecule has 1 aromatic heterocycles. The van der Waals surface area contributed by atoms with Gasteiger partial charge in [0.05, 0.1) is 35.9 Å². The van der Waals surface area contributed by atoms with Gasteiger partial charge in [0, 0.05) is 13.1 Å². The number of rotatable bonds is 3. The van der Waals surface area contributed by atoms with E-state index < -0.39 is 10.0 Å². The molecule has 1 saturated heterocycles. The van der Waals surface area contributed by atoms with Gasteiger partial charge in [-0.1, -0.05) is 30.3 Å². The first-order valence-electron chi connectivity index (χ1n) is 8.37. The lowest BCUT2D eigenvalue weighted by Gasteiger charge is -2.35. The van der Waals surface area contributed by atoms with Crippen LogP contribution in [0.15, 0.2) is 59.5 Å². The van der Waals surface area contributed by atoms with Crippen molar-refractivity contribution in [3.05, 3.63) is 54.6 Å². The van der Waals surface area contributed by atoms with Gasteiger partial charge in [-0.15, -0.1) is 9.19 Å². The minimum absolute atomic E-state index is 0.248. The second-order valence-electron chi connectivity index (χ2n) is 6.59. The summed E-state index contributed by atoms with van der Waals surface area (Å²) in [6.45, 7) is 3.55. The molecule has 1 aliphatic rings. The highest BCUT2D eigenvalue weighted by molar-refractivity contribution is 7.90. The van der Waals surface area contributed by atoms with Crippen LogP contribution in [-0.2, 0) is 10.0 Å². The number of hydrogen-bond donors (Lipinski definition) is 1. The van der Waals surface area contributed by atoms with E-state index in [1.165, 1.54) is 4.09 Å². The molecule has 3 aromatic rings. The third kappa shape index (κ3) is 2.64. The molecule has 7 heteroatoms. The van der Waals surface area contributed by atoms with Crippen LogP contribution in [0.3, 0.4) is 0 Å². The Morgan fingerprint density at radius 1 is 1.00 bits per heavy atom. The Hall–Kier alpha value is -2.22. The molecule has 2 aromatic carbocycles. The maximum atomic E-state index is 13.1. The van der Waals surface area contributed by atoms with E-state index in [0.717, 1.165) is 37.4 Å². The SMILES string of the molecule is C[N+]1(c2nn(S(=O)(=O)c3ccccc3)c3ccccc23)CCNCC1. The fourth-order valence-electron chi connectivity index (χ4n) is 3.40. The molecule has 0 unspecified atom stereocenters. The van der Waals surface area contributed by atoms with Crippen molar-refractivity contribution in [2.24, 2.45) is 0 Å². The summed E-state index contributed by atoms with van der Waals surface area (Å²) in [5, 5.41) is 8.85. The molecule has 25 heavy (non-hydrogen) atoms. The normalized spacial score (nSPS) is 17.6. The van der Waals surface area contributed by atoms with E-state index in [4.69, 9.17) is 0 Å². The summed E-state index contributed by atoms with van der Waals surface area (Å²) in [4.78, 5) is 0.248. The number of piperazine rings is 1. The smallest absolute Gasteiger partial charge is 0.283 e. The lowest BCUT2D eigenvalue weighted by atomic mass is 10.2. The van der Waals surface area contributed by atoms with Crippen LogP contribution in [0.25, 0.3) is 10.9 Å². The van der Waals surface area contributed by atoms with Crippen molar-refractivity contribution in [1.29, 1.82) is 0 Å².